The molecule has 1 aromatic heterocycles. The predicted molar refractivity (Wildman–Crippen MR) is 75.2 cm³/mol. The fraction of sp³-hybridized carbons (Fsp3) is 0.643. The molecule has 19 heavy (non-hydrogen) atoms. The first-order chi connectivity index (χ1) is 9.34. The van der Waals surface area contributed by atoms with Crippen LogP contribution in [0.25, 0.3) is 0 Å². The molecule has 1 atom stereocenters. The lowest BCUT2D eigenvalue weighted by Gasteiger charge is -2.44. The molecule has 0 spiro atoms. The van der Waals surface area contributed by atoms with Gasteiger partial charge in [0, 0.05) is 45.5 Å². The zero-order valence-electron chi connectivity index (χ0n) is 11.3. The maximum atomic E-state index is 6.00. The lowest BCUT2D eigenvalue weighted by molar-refractivity contribution is 0.0669. The van der Waals surface area contributed by atoms with Gasteiger partial charge in [-0.3, -0.25) is 4.90 Å². The Morgan fingerprint density at radius 2 is 2.11 bits per heavy atom. The number of ether oxygens (including phenoxy) is 1. The van der Waals surface area contributed by atoms with Crippen LogP contribution in [0.4, 0.5) is 5.82 Å². The van der Waals surface area contributed by atoms with Crippen molar-refractivity contribution >= 4 is 5.82 Å². The standard InChI is InChI=1S/C14H22N4O/c15-11-14(4-10-19-12-14)18-8-6-17(7-9-18)13-3-1-2-5-16-13/h1-3,5H,4,6-12,15H2. The van der Waals surface area contributed by atoms with Gasteiger partial charge >= 0.3 is 0 Å². The smallest absolute Gasteiger partial charge is 0.128 e. The average molecular weight is 262 g/mol. The highest BCUT2D eigenvalue weighted by molar-refractivity contribution is 5.38. The normalized spacial score (nSPS) is 28.8. The van der Waals surface area contributed by atoms with Crippen molar-refractivity contribution in [3.8, 4) is 0 Å². The molecule has 3 heterocycles. The third-order valence-corrected chi connectivity index (χ3v) is 4.39. The molecule has 3 rings (SSSR count). The molecule has 5 heteroatoms. The number of anilines is 1. The third-order valence-electron chi connectivity index (χ3n) is 4.39. The summed E-state index contributed by atoms with van der Waals surface area (Å²) >= 11 is 0. The summed E-state index contributed by atoms with van der Waals surface area (Å²) in [6.45, 7) is 6.42. The van der Waals surface area contributed by atoms with E-state index in [0.29, 0.717) is 6.54 Å². The first-order valence-corrected chi connectivity index (χ1v) is 7.03. The topological polar surface area (TPSA) is 54.6 Å². The Bertz CT molecular complexity index is 397. The van der Waals surface area contributed by atoms with E-state index in [-0.39, 0.29) is 5.54 Å². The summed E-state index contributed by atoms with van der Waals surface area (Å²) in [6, 6.07) is 6.08. The van der Waals surface area contributed by atoms with Crippen LogP contribution in [-0.4, -0.2) is 61.4 Å². The van der Waals surface area contributed by atoms with Crippen molar-refractivity contribution in [3.63, 3.8) is 0 Å². The van der Waals surface area contributed by atoms with E-state index in [1.54, 1.807) is 0 Å². The van der Waals surface area contributed by atoms with Crippen LogP contribution in [0.1, 0.15) is 6.42 Å². The van der Waals surface area contributed by atoms with Gasteiger partial charge in [0.2, 0.25) is 0 Å². The SMILES string of the molecule is NCC1(N2CCN(c3ccccn3)CC2)CCOC1. The van der Waals surface area contributed by atoms with Gasteiger partial charge < -0.3 is 15.4 Å². The van der Waals surface area contributed by atoms with Crippen molar-refractivity contribution in [2.45, 2.75) is 12.0 Å². The van der Waals surface area contributed by atoms with Crippen molar-refractivity contribution in [1.82, 2.24) is 9.88 Å². The molecule has 2 N–H and O–H groups in total. The molecule has 5 nitrogen and oxygen atoms in total. The number of piperazine rings is 1. The van der Waals surface area contributed by atoms with Crippen LogP contribution in [0.15, 0.2) is 24.4 Å². The van der Waals surface area contributed by atoms with E-state index in [4.69, 9.17) is 10.5 Å². The Labute approximate surface area is 114 Å². The molecule has 2 fully saturated rings. The van der Waals surface area contributed by atoms with Gasteiger partial charge in [-0.05, 0) is 18.6 Å². The average Bonchev–Trinajstić information content (AvgIpc) is 2.98. The van der Waals surface area contributed by atoms with Crippen LogP contribution in [0.5, 0.6) is 0 Å². The minimum atomic E-state index is 0.0796. The molecule has 0 saturated carbocycles. The maximum Gasteiger partial charge on any atom is 0.128 e. The minimum absolute atomic E-state index is 0.0796. The van der Waals surface area contributed by atoms with E-state index in [0.717, 1.165) is 51.6 Å². The number of hydrogen-bond donors (Lipinski definition) is 1. The summed E-state index contributed by atoms with van der Waals surface area (Å²) in [5.41, 5.74) is 6.08. The number of pyridine rings is 1. The second-order valence-corrected chi connectivity index (χ2v) is 5.39. The monoisotopic (exact) mass is 262 g/mol. The largest absolute Gasteiger partial charge is 0.379 e. The van der Waals surface area contributed by atoms with Gasteiger partial charge in [0.1, 0.15) is 5.82 Å². The van der Waals surface area contributed by atoms with Gasteiger partial charge in [0.05, 0.1) is 12.1 Å². The Morgan fingerprint density at radius 1 is 1.26 bits per heavy atom. The highest BCUT2D eigenvalue weighted by Gasteiger charge is 2.40. The van der Waals surface area contributed by atoms with Gasteiger partial charge in [-0.25, -0.2) is 4.98 Å². The summed E-state index contributed by atoms with van der Waals surface area (Å²) in [5.74, 6) is 1.08. The molecule has 2 aliphatic rings. The quantitative estimate of drug-likeness (QED) is 0.850. The van der Waals surface area contributed by atoms with E-state index in [2.05, 4.69) is 20.9 Å². The molecular weight excluding hydrogens is 240 g/mol. The fourth-order valence-electron chi connectivity index (χ4n) is 3.09. The number of hydrogen-bond acceptors (Lipinski definition) is 5. The number of nitrogens with two attached hydrogens (primary N) is 1. The number of rotatable bonds is 3. The minimum Gasteiger partial charge on any atom is -0.379 e. The van der Waals surface area contributed by atoms with E-state index >= 15 is 0 Å². The summed E-state index contributed by atoms with van der Waals surface area (Å²) in [7, 11) is 0. The van der Waals surface area contributed by atoms with E-state index < -0.39 is 0 Å². The van der Waals surface area contributed by atoms with Gasteiger partial charge in [-0.2, -0.15) is 0 Å². The lowest BCUT2D eigenvalue weighted by atomic mass is 9.95. The van der Waals surface area contributed by atoms with Crippen LogP contribution in [-0.2, 0) is 4.74 Å². The van der Waals surface area contributed by atoms with Crippen molar-refractivity contribution in [2.24, 2.45) is 5.73 Å². The summed E-state index contributed by atoms with van der Waals surface area (Å²) in [4.78, 5) is 9.28. The Balaban J connectivity index is 1.63. The molecule has 2 aliphatic heterocycles. The van der Waals surface area contributed by atoms with Crippen molar-refractivity contribution in [1.29, 1.82) is 0 Å². The van der Waals surface area contributed by atoms with Gasteiger partial charge in [-0.15, -0.1) is 0 Å². The molecule has 1 unspecified atom stereocenters. The molecule has 0 amide bonds. The zero-order valence-corrected chi connectivity index (χ0v) is 11.3. The fourth-order valence-corrected chi connectivity index (χ4v) is 3.09. The van der Waals surface area contributed by atoms with E-state index in [1.807, 2.05) is 18.3 Å². The summed E-state index contributed by atoms with van der Waals surface area (Å²) in [5, 5.41) is 0. The third kappa shape index (κ3) is 2.45. The van der Waals surface area contributed by atoms with E-state index in [9.17, 15) is 0 Å². The van der Waals surface area contributed by atoms with Crippen LogP contribution in [0, 0.1) is 0 Å². The van der Waals surface area contributed by atoms with Gasteiger partial charge in [0.25, 0.3) is 0 Å². The predicted octanol–water partition coefficient (Wildman–Crippen LogP) is 0.321. The zero-order chi connectivity index (χ0) is 13.1. The second-order valence-electron chi connectivity index (χ2n) is 5.39. The van der Waals surface area contributed by atoms with Crippen LogP contribution >= 0.6 is 0 Å². The maximum absolute atomic E-state index is 6.00. The molecule has 0 aliphatic carbocycles. The van der Waals surface area contributed by atoms with Crippen molar-refractivity contribution in [2.75, 3.05) is 50.8 Å². The van der Waals surface area contributed by atoms with E-state index in [1.165, 1.54) is 0 Å². The van der Waals surface area contributed by atoms with Crippen LogP contribution in [0.3, 0.4) is 0 Å². The van der Waals surface area contributed by atoms with Crippen molar-refractivity contribution in [3.05, 3.63) is 24.4 Å². The number of aromatic nitrogens is 1. The molecule has 0 radical (unpaired) electrons. The first kappa shape index (κ1) is 12.8. The molecule has 2 saturated heterocycles. The molecule has 1 aromatic rings. The number of nitrogens with zero attached hydrogens (tertiary/aromatic N) is 3. The Kier molecular flexibility index (Phi) is 3.68. The van der Waals surface area contributed by atoms with Crippen LogP contribution < -0.4 is 10.6 Å². The molecule has 104 valence electrons. The van der Waals surface area contributed by atoms with Crippen LogP contribution in [0.2, 0.25) is 0 Å². The highest BCUT2D eigenvalue weighted by Crippen LogP contribution is 2.27. The Morgan fingerprint density at radius 3 is 2.68 bits per heavy atom. The van der Waals surface area contributed by atoms with Gasteiger partial charge in [-0.1, -0.05) is 6.07 Å². The van der Waals surface area contributed by atoms with Gasteiger partial charge in [0.15, 0.2) is 0 Å². The van der Waals surface area contributed by atoms with Crippen molar-refractivity contribution < 1.29 is 4.74 Å². The lowest BCUT2D eigenvalue weighted by Crippen LogP contribution is -2.60. The molecular formula is C14H22N4O. The highest BCUT2D eigenvalue weighted by atomic mass is 16.5. The molecule has 0 aromatic carbocycles. The summed E-state index contributed by atoms with van der Waals surface area (Å²) in [6.07, 6.45) is 2.92. The summed E-state index contributed by atoms with van der Waals surface area (Å²) < 4.78 is 5.57. The Hall–Kier alpha value is -1.17. The first-order valence-electron chi connectivity index (χ1n) is 7.03. The molecule has 0 bridgehead atoms. The second kappa shape index (κ2) is 5.45.